The number of aromatic amines is 2. The minimum atomic E-state index is -2.80. The van der Waals surface area contributed by atoms with Gasteiger partial charge in [-0.05, 0) is 63.1 Å². The number of aromatic nitrogens is 6. The highest BCUT2D eigenvalue weighted by Crippen LogP contribution is 2.37. The Kier molecular flexibility index (Phi) is 7.22. The van der Waals surface area contributed by atoms with Gasteiger partial charge in [-0.1, -0.05) is 12.1 Å². The van der Waals surface area contributed by atoms with Gasteiger partial charge in [0.2, 0.25) is 0 Å². The predicted octanol–water partition coefficient (Wildman–Crippen LogP) is 6.14. The Morgan fingerprint density at radius 1 is 0.750 bits per heavy atom. The van der Waals surface area contributed by atoms with Gasteiger partial charge in [0.25, 0.3) is 23.7 Å². The minimum absolute atomic E-state index is 0.00940. The second-order valence-electron chi connectivity index (χ2n) is 12.6. The maximum atomic E-state index is 13.6. The van der Waals surface area contributed by atoms with E-state index in [2.05, 4.69) is 20.2 Å². The highest BCUT2D eigenvalue weighted by Gasteiger charge is 2.39. The van der Waals surface area contributed by atoms with Crippen molar-refractivity contribution >= 4 is 45.3 Å². The molecule has 0 unspecified atom stereocenters. The number of nitrogens with one attached hydrogen (secondary N) is 2. The summed E-state index contributed by atoms with van der Waals surface area (Å²) in [6.07, 6.45) is -1.28. The first kappa shape index (κ1) is 31.2. The van der Waals surface area contributed by atoms with Crippen molar-refractivity contribution in [1.29, 1.82) is 0 Å². The van der Waals surface area contributed by atoms with Crippen molar-refractivity contribution in [3.63, 3.8) is 0 Å². The lowest BCUT2D eigenvalue weighted by atomic mass is 9.94. The Labute approximate surface area is 271 Å². The molecule has 0 spiro atoms. The number of fused-ring (bicyclic) bond motifs is 4. The van der Waals surface area contributed by atoms with Crippen molar-refractivity contribution in [2.75, 3.05) is 11.5 Å². The summed E-state index contributed by atoms with van der Waals surface area (Å²) in [5, 5.41) is 9.80. The van der Waals surface area contributed by atoms with Crippen LogP contribution in [0.25, 0.3) is 21.8 Å². The lowest BCUT2D eigenvalue weighted by Crippen LogP contribution is -2.28. The third-order valence-electron chi connectivity index (χ3n) is 9.00. The maximum absolute atomic E-state index is 13.6. The van der Waals surface area contributed by atoms with E-state index in [1.165, 1.54) is 4.68 Å². The Bertz CT molecular complexity index is 2250. The molecular formula is C34H32F4N8O2. The van der Waals surface area contributed by atoms with E-state index in [-0.39, 0.29) is 54.4 Å². The first-order valence-electron chi connectivity index (χ1n) is 15.5. The number of carbonyl (C=O) groups excluding carboxylic acids is 2. The van der Waals surface area contributed by atoms with Crippen LogP contribution in [0.4, 0.5) is 29.2 Å². The third kappa shape index (κ3) is 5.40. The van der Waals surface area contributed by atoms with Gasteiger partial charge < -0.3 is 21.4 Å². The zero-order valence-electron chi connectivity index (χ0n) is 26.1. The van der Waals surface area contributed by atoms with E-state index in [1.807, 2.05) is 38.1 Å². The largest absolute Gasteiger partial charge is 0.383 e. The van der Waals surface area contributed by atoms with Crippen LogP contribution >= 0.6 is 0 Å². The van der Waals surface area contributed by atoms with Gasteiger partial charge in [0.15, 0.2) is 0 Å². The number of nitrogens with zero attached hydrogens (tertiary/aromatic N) is 4. The molecule has 0 amide bonds. The van der Waals surface area contributed by atoms with Crippen LogP contribution in [-0.4, -0.2) is 53.2 Å². The molecule has 14 heteroatoms. The molecule has 0 bridgehead atoms. The zero-order chi connectivity index (χ0) is 34.1. The predicted molar refractivity (Wildman–Crippen MR) is 173 cm³/mol. The van der Waals surface area contributed by atoms with Crippen molar-refractivity contribution in [3.8, 4) is 0 Å². The van der Waals surface area contributed by atoms with Crippen LogP contribution in [0.15, 0.2) is 48.5 Å². The normalized spacial score (nSPS) is 16.3. The molecule has 0 fully saturated rings. The van der Waals surface area contributed by atoms with Crippen molar-refractivity contribution in [2.45, 2.75) is 64.2 Å². The number of benzene rings is 2. The number of halogens is 4. The molecule has 4 aromatic heterocycles. The summed E-state index contributed by atoms with van der Waals surface area (Å²) < 4.78 is 56.8. The molecule has 0 radical (unpaired) electrons. The van der Waals surface area contributed by atoms with E-state index in [0.29, 0.717) is 22.5 Å². The minimum Gasteiger partial charge on any atom is -0.383 e. The number of H-pyrrole nitrogens is 2. The van der Waals surface area contributed by atoms with Gasteiger partial charge in [-0.2, -0.15) is 14.5 Å². The number of nitrogens with two attached hydrogens (primary N) is 2. The van der Waals surface area contributed by atoms with Gasteiger partial charge in [0.05, 0.1) is 22.5 Å². The average Bonchev–Trinajstić information content (AvgIpc) is 3.78. The van der Waals surface area contributed by atoms with Crippen LogP contribution in [0.1, 0.15) is 67.5 Å². The molecule has 0 atom stereocenters. The molecule has 4 heterocycles. The van der Waals surface area contributed by atoms with E-state index >= 15 is 0 Å². The average molecular weight is 661 g/mol. The lowest BCUT2D eigenvalue weighted by Gasteiger charge is -2.22. The van der Waals surface area contributed by atoms with E-state index < -0.39 is 30.6 Å². The highest BCUT2D eigenvalue weighted by atomic mass is 19.3. The number of anilines is 2. The molecule has 0 saturated carbocycles. The maximum Gasteiger partial charge on any atom is 0.280 e. The number of carbonyl (C=O) groups is 2. The Hall–Kier alpha value is -5.40. The highest BCUT2D eigenvalue weighted by molar-refractivity contribution is 6.09. The lowest BCUT2D eigenvalue weighted by molar-refractivity contribution is -0.0131. The number of alkyl halides is 4. The molecule has 10 nitrogen and oxygen atoms in total. The summed E-state index contributed by atoms with van der Waals surface area (Å²) in [7, 11) is 0. The van der Waals surface area contributed by atoms with Crippen LogP contribution < -0.4 is 11.5 Å². The molecule has 0 aliphatic heterocycles. The van der Waals surface area contributed by atoms with Crippen LogP contribution in [0.2, 0.25) is 0 Å². The summed E-state index contributed by atoms with van der Waals surface area (Å²) in [4.78, 5) is 32.2. The number of hydrogen-bond acceptors (Lipinski definition) is 6. The standard InChI is InChI=1S/2C17H16F2N4O/c1-9-7-11-10(3-2-4-13(11)21-9)16(24)23-14-5-6-17(18,19)8-12(14)15(20)22-23;1-9-7-11-10(3-2-4-13(11)21-9)16(24)23-15(20)12-8-17(18,19)6-5-14(12)22-23/h2-4,7,21H,5-6,8H2,1H3,(H2,20,22);2-4,7,21H,5-6,8,20H2,1H3. The molecule has 8 rings (SSSR count). The number of hydrogen-bond donors (Lipinski definition) is 4. The molecule has 48 heavy (non-hydrogen) atoms. The van der Waals surface area contributed by atoms with E-state index in [1.54, 1.807) is 24.3 Å². The molecule has 2 aromatic carbocycles. The smallest absolute Gasteiger partial charge is 0.280 e. The zero-order valence-corrected chi connectivity index (χ0v) is 26.1. The second kappa shape index (κ2) is 11.1. The summed E-state index contributed by atoms with van der Waals surface area (Å²) >= 11 is 0. The van der Waals surface area contributed by atoms with Crippen LogP contribution in [0.3, 0.4) is 0 Å². The summed E-state index contributed by atoms with van der Waals surface area (Å²) in [5.41, 5.74) is 17.8. The monoisotopic (exact) mass is 660 g/mol. The van der Waals surface area contributed by atoms with Crippen molar-refractivity contribution in [1.82, 2.24) is 29.5 Å². The topological polar surface area (TPSA) is 153 Å². The second-order valence-corrected chi connectivity index (χ2v) is 12.6. The van der Waals surface area contributed by atoms with Crippen LogP contribution in [0.5, 0.6) is 0 Å². The van der Waals surface area contributed by atoms with Gasteiger partial charge in [-0.15, -0.1) is 5.10 Å². The Morgan fingerprint density at radius 3 is 1.85 bits per heavy atom. The third-order valence-corrected chi connectivity index (χ3v) is 9.00. The fourth-order valence-electron chi connectivity index (χ4n) is 6.67. The van der Waals surface area contributed by atoms with Crippen molar-refractivity contribution in [3.05, 3.63) is 93.6 Å². The first-order chi connectivity index (χ1) is 22.7. The van der Waals surface area contributed by atoms with Gasteiger partial charge in [-0.3, -0.25) is 9.59 Å². The van der Waals surface area contributed by atoms with Gasteiger partial charge in [0, 0.05) is 70.0 Å². The summed E-state index contributed by atoms with van der Waals surface area (Å²) in [5.74, 6) is -6.33. The quantitative estimate of drug-likeness (QED) is 0.164. The Balaban J connectivity index is 0.000000152. The fourth-order valence-corrected chi connectivity index (χ4v) is 6.67. The summed E-state index contributed by atoms with van der Waals surface area (Å²) in [6, 6.07) is 14.4. The SMILES string of the molecule is Cc1cc2c(C(=O)n3nc(N)c4c3CCC(F)(F)C4)cccc2[nH]1.Cc1cc2c(C(=O)n3nc4c(c3N)CC(F)(F)CC4)cccc2[nH]1. The Morgan fingerprint density at radius 2 is 1.27 bits per heavy atom. The van der Waals surface area contributed by atoms with E-state index in [9.17, 15) is 27.2 Å². The van der Waals surface area contributed by atoms with Gasteiger partial charge in [-0.25, -0.2) is 17.6 Å². The fraction of sp³-hybridized carbons (Fsp3) is 0.294. The van der Waals surface area contributed by atoms with E-state index in [4.69, 9.17) is 11.5 Å². The summed E-state index contributed by atoms with van der Waals surface area (Å²) in [6.45, 7) is 3.81. The van der Waals surface area contributed by atoms with Crippen molar-refractivity contribution in [2.24, 2.45) is 0 Å². The molecule has 6 N–H and O–H groups in total. The number of aryl methyl sites for hydroxylation is 3. The first-order valence-corrected chi connectivity index (χ1v) is 15.5. The molecule has 2 aliphatic rings. The molecule has 6 aromatic rings. The number of nitrogen functional groups attached to an aromatic ring is 2. The molecule has 0 saturated heterocycles. The van der Waals surface area contributed by atoms with Crippen LogP contribution in [-0.2, 0) is 25.7 Å². The van der Waals surface area contributed by atoms with Gasteiger partial charge >= 0.3 is 0 Å². The molecule has 248 valence electrons. The van der Waals surface area contributed by atoms with E-state index in [0.717, 1.165) is 37.9 Å². The van der Waals surface area contributed by atoms with Gasteiger partial charge in [0.1, 0.15) is 11.6 Å². The number of rotatable bonds is 2. The van der Waals surface area contributed by atoms with Crippen molar-refractivity contribution < 1.29 is 27.2 Å². The molecule has 2 aliphatic carbocycles. The molecular weight excluding hydrogens is 628 g/mol. The van der Waals surface area contributed by atoms with Crippen LogP contribution in [0, 0.1) is 13.8 Å².